The standard InChI is InChI=1S/C44H29NO/c1-3-13-30(14-4-1)31-23-25-33(26-24-31)45(40-28-27-34(32-15-5-2-6-16-32)35-17-7-8-18-36(35)40)41-29-43-44(38-20-10-9-19-37(38)41)39-21-11-12-22-42(39)46-43/h1-29H. The zero-order chi connectivity index (χ0) is 30.5. The number of para-hydroxylation sites is 1. The first-order chi connectivity index (χ1) is 22.8. The van der Waals surface area contributed by atoms with Gasteiger partial charge in [0.15, 0.2) is 0 Å². The lowest BCUT2D eigenvalue weighted by Gasteiger charge is -2.29. The molecule has 9 aromatic rings. The molecule has 0 aliphatic carbocycles. The van der Waals surface area contributed by atoms with Crippen LogP contribution in [0.2, 0.25) is 0 Å². The van der Waals surface area contributed by atoms with Crippen molar-refractivity contribution >= 4 is 60.5 Å². The van der Waals surface area contributed by atoms with Crippen LogP contribution in [0.15, 0.2) is 180 Å². The van der Waals surface area contributed by atoms with Crippen LogP contribution in [0.3, 0.4) is 0 Å². The number of nitrogens with zero attached hydrogens (tertiary/aromatic N) is 1. The zero-order valence-corrected chi connectivity index (χ0v) is 25.1. The summed E-state index contributed by atoms with van der Waals surface area (Å²) in [5.74, 6) is 0. The molecule has 0 amide bonds. The van der Waals surface area contributed by atoms with Gasteiger partial charge in [-0.1, -0.05) is 146 Å². The number of hydrogen-bond donors (Lipinski definition) is 0. The van der Waals surface area contributed by atoms with Crippen LogP contribution in [0.1, 0.15) is 0 Å². The predicted octanol–water partition coefficient (Wildman–Crippen LogP) is 12.7. The molecule has 1 aromatic heterocycles. The lowest BCUT2D eigenvalue weighted by atomic mass is 9.95. The second-order valence-electron chi connectivity index (χ2n) is 11.7. The third kappa shape index (κ3) is 4.27. The SMILES string of the molecule is c1ccc(-c2ccc(N(c3ccc(-c4ccccc4)c4ccccc34)c3cc4oc5ccccc5c4c4ccccc34)cc2)cc1. The van der Waals surface area contributed by atoms with Crippen molar-refractivity contribution in [2.24, 2.45) is 0 Å². The Kier molecular flexibility index (Phi) is 6.17. The highest BCUT2D eigenvalue weighted by Gasteiger charge is 2.22. The van der Waals surface area contributed by atoms with Crippen LogP contribution in [0.4, 0.5) is 17.1 Å². The predicted molar refractivity (Wildman–Crippen MR) is 194 cm³/mol. The molecule has 0 saturated heterocycles. The minimum atomic E-state index is 0.881. The Morgan fingerprint density at radius 1 is 0.348 bits per heavy atom. The minimum absolute atomic E-state index is 0.881. The fourth-order valence-electron chi connectivity index (χ4n) is 6.94. The Balaban J connectivity index is 1.34. The van der Waals surface area contributed by atoms with E-state index in [1.807, 2.05) is 6.07 Å². The van der Waals surface area contributed by atoms with Gasteiger partial charge in [0.2, 0.25) is 0 Å². The van der Waals surface area contributed by atoms with E-state index >= 15 is 0 Å². The Hall–Kier alpha value is -6.12. The van der Waals surface area contributed by atoms with Gasteiger partial charge < -0.3 is 9.32 Å². The van der Waals surface area contributed by atoms with Crippen molar-refractivity contribution in [3.63, 3.8) is 0 Å². The van der Waals surface area contributed by atoms with Crippen molar-refractivity contribution in [3.8, 4) is 22.3 Å². The van der Waals surface area contributed by atoms with E-state index in [0.717, 1.165) is 39.0 Å². The molecule has 2 nitrogen and oxygen atoms in total. The number of fused-ring (bicyclic) bond motifs is 6. The van der Waals surface area contributed by atoms with Gasteiger partial charge >= 0.3 is 0 Å². The Bertz CT molecular complexity index is 2510. The molecular weight excluding hydrogens is 558 g/mol. The summed E-state index contributed by atoms with van der Waals surface area (Å²) < 4.78 is 6.54. The van der Waals surface area contributed by atoms with Crippen molar-refractivity contribution in [2.45, 2.75) is 0 Å². The van der Waals surface area contributed by atoms with E-state index in [2.05, 4.69) is 175 Å². The van der Waals surface area contributed by atoms with E-state index in [1.54, 1.807) is 0 Å². The molecule has 0 aliphatic heterocycles. The smallest absolute Gasteiger partial charge is 0.138 e. The van der Waals surface area contributed by atoms with Crippen molar-refractivity contribution in [3.05, 3.63) is 176 Å². The molecule has 0 bridgehead atoms. The van der Waals surface area contributed by atoms with E-state index < -0.39 is 0 Å². The molecule has 8 aromatic carbocycles. The highest BCUT2D eigenvalue weighted by atomic mass is 16.3. The summed E-state index contributed by atoms with van der Waals surface area (Å²) in [6.07, 6.45) is 0. The van der Waals surface area contributed by atoms with Gasteiger partial charge in [-0.25, -0.2) is 0 Å². The molecule has 216 valence electrons. The first kappa shape index (κ1) is 26.3. The van der Waals surface area contributed by atoms with Crippen LogP contribution in [-0.4, -0.2) is 0 Å². The minimum Gasteiger partial charge on any atom is -0.456 e. The molecule has 0 atom stereocenters. The monoisotopic (exact) mass is 587 g/mol. The van der Waals surface area contributed by atoms with Crippen LogP contribution in [-0.2, 0) is 0 Å². The first-order valence-corrected chi connectivity index (χ1v) is 15.7. The topological polar surface area (TPSA) is 16.4 Å². The molecule has 0 unspecified atom stereocenters. The molecular formula is C44H29NO. The van der Waals surface area contributed by atoms with Crippen LogP contribution in [0.5, 0.6) is 0 Å². The second kappa shape index (κ2) is 10.8. The van der Waals surface area contributed by atoms with Gasteiger partial charge in [0, 0.05) is 33.3 Å². The third-order valence-corrected chi connectivity index (χ3v) is 9.06. The first-order valence-electron chi connectivity index (χ1n) is 15.7. The molecule has 2 heteroatoms. The van der Waals surface area contributed by atoms with E-state index in [4.69, 9.17) is 4.42 Å². The van der Waals surface area contributed by atoms with Gasteiger partial charge in [-0.05, 0) is 57.3 Å². The molecule has 9 rings (SSSR count). The second-order valence-corrected chi connectivity index (χ2v) is 11.7. The van der Waals surface area contributed by atoms with E-state index in [9.17, 15) is 0 Å². The Labute approximate surface area is 267 Å². The van der Waals surface area contributed by atoms with Crippen molar-refractivity contribution in [1.82, 2.24) is 0 Å². The summed E-state index contributed by atoms with van der Waals surface area (Å²) in [6, 6.07) is 62.7. The average molecular weight is 588 g/mol. The summed E-state index contributed by atoms with van der Waals surface area (Å²) in [5.41, 5.74) is 9.87. The number of benzene rings is 8. The summed E-state index contributed by atoms with van der Waals surface area (Å²) in [6.45, 7) is 0. The van der Waals surface area contributed by atoms with Gasteiger partial charge in [0.1, 0.15) is 11.2 Å². The summed E-state index contributed by atoms with van der Waals surface area (Å²) in [4.78, 5) is 2.40. The van der Waals surface area contributed by atoms with Gasteiger partial charge in [-0.15, -0.1) is 0 Å². The summed E-state index contributed by atoms with van der Waals surface area (Å²) in [7, 11) is 0. The number of hydrogen-bond acceptors (Lipinski definition) is 2. The van der Waals surface area contributed by atoms with Crippen molar-refractivity contribution in [2.75, 3.05) is 4.90 Å². The maximum absolute atomic E-state index is 6.54. The zero-order valence-electron chi connectivity index (χ0n) is 25.1. The quantitative estimate of drug-likeness (QED) is 0.199. The summed E-state index contributed by atoms with van der Waals surface area (Å²) >= 11 is 0. The van der Waals surface area contributed by atoms with E-state index in [0.29, 0.717) is 0 Å². The Morgan fingerprint density at radius 3 is 1.61 bits per heavy atom. The number of rotatable bonds is 5. The van der Waals surface area contributed by atoms with Crippen LogP contribution in [0.25, 0.3) is 65.7 Å². The van der Waals surface area contributed by atoms with Crippen molar-refractivity contribution in [1.29, 1.82) is 0 Å². The fourth-order valence-corrected chi connectivity index (χ4v) is 6.94. The normalized spacial score (nSPS) is 11.5. The van der Waals surface area contributed by atoms with Gasteiger partial charge in [0.25, 0.3) is 0 Å². The molecule has 0 spiro atoms. The van der Waals surface area contributed by atoms with Crippen molar-refractivity contribution < 1.29 is 4.42 Å². The highest BCUT2D eigenvalue weighted by molar-refractivity contribution is 6.23. The fraction of sp³-hybridized carbons (Fsp3) is 0. The van der Waals surface area contributed by atoms with Gasteiger partial charge in [0.05, 0.1) is 11.4 Å². The molecule has 0 saturated carbocycles. The van der Waals surface area contributed by atoms with E-state index in [-0.39, 0.29) is 0 Å². The number of anilines is 3. The third-order valence-electron chi connectivity index (χ3n) is 9.06. The van der Waals surface area contributed by atoms with Gasteiger partial charge in [-0.2, -0.15) is 0 Å². The number of furan rings is 1. The van der Waals surface area contributed by atoms with Gasteiger partial charge in [-0.3, -0.25) is 0 Å². The maximum atomic E-state index is 6.54. The molecule has 0 aliphatic rings. The Morgan fingerprint density at radius 2 is 0.891 bits per heavy atom. The average Bonchev–Trinajstić information content (AvgIpc) is 3.51. The molecule has 0 fully saturated rings. The molecule has 1 heterocycles. The van der Waals surface area contributed by atoms with Crippen LogP contribution in [0, 0.1) is 0 Å². The van der Waals surface area contributed by atoms with E-state index in [1.165, 1.54) is 43.8 Å². The lowest BCUT2D eigenvalue weighted by Crippen LogP contribution is -2.11. The largest absolute Gasteiger partial charge is 0.456 e. The highest BCUT2D eigenvalue weighted by Crippen LogP contribution is 2.47. The molecule has 46 heavy (non-hydrogen) atoms. The van der Waals surface area contributed by atoms with Crippen LogP contribution < -0.4 is 4.90 Å². The molecule has 0 radical (unpaired) electrons. The summed E-state index contributed by atoms with van der Waals surface area (Å²) in [5, 5.41) is 7.03. The molecule has 0 N–H and O–H groups in total. The van der Waals surface area contributed by atoms with Crippen LogP contribution >= 0.6 is 0 Å². The maximum Gasteiger partial charge on any atom is 0.138 e. The lowest BCUT2D eigenvalue weighted by molar-refractivity contribution is 0.669.